The van der Waals surface area contributed by atoms with Gasteiger partial charge in [-0.2, -0.15) is 0 Å². The Bertz CT molecular complexity index is 615. The summed E-state index contributed by atoms with van der Waals surface area (Å²) >= 11 is 3.53. The molecule has 1 N–H and O–H groups in total. The molecular weight excluding hydrogens is 321 g/mol. The first-order valence-electron chi connectivity index (χ1n) is 6.33. The molecule has 2 aromatic carbocycles. The fourth-order valence-electron chi connectivity index (χ4n) is 2.23. The molecule has 2 aromatic rings. The Morgan fingerprint density at radius 2 is 1.90 bits per heavy atom. The summed E-state index contributed by atoms with van der Waals surface area (Å²) in [4.78, 5) is 0. The highest BCUT2D eigenvalue weighted by Crippen LogP contribution is 2.31. The number of rotatable bonds is 4. The quantitative estimate of drug-likeness (QED) is 0.902. The molecule has 2 rings (SSSR count). The van der Waals surface area contributed by atoms with Crippen LogP contribution in [0.15, 0.2) is 40.9 Å². The molecule has 106 valence electrons. The fraction of sp³-hybridized carbons (Fsp3) is 0.250. The first-order valence-corrected chi connectivity index (χ1v) is 7.13. The monoisotopic (exact) mass is 337 g/mol. The molecule has 1 atom stereocenters. The maximum absolute atomic E-state index is 14.3. The van der Waals surface area contributed by atoms with Crippen molar-refractivity contribution >= 4 is 15.9 Å². The molecular formula is C16H17BrFNO. The number of halogens is 2. The van der Waals surface area contributed by atoms with Gasteiger partial charge in [0.2, 0.25) is 0 Å². The molecule has 20 heavy (non-hydrogen) atoms. The zero-order valence-corrected chi connectivity index (χ0v) is 13.3. The Balaban J connectivity index is 2.49. The van der Waals surface area contributed by atoms with E-state index in [0.717, 1.165) is 15.6 Å². The van der Waals surface area contributed by atoms with Gasteiger partial charge in [-0.25, -0.2) is 4.39 Å². The molecule has 0 fully saturated rings. The van der Waals surface area contributed by atoms with Crippen molar-refractivity contribution in [3.05, 3.63) is 63.4 Å². The number of hydrogen-bond acceptors (Lipinski definition) is 2. The summed E-state index contributed by atoms with van der Waals surface area (Å²) in [5, 5.41) is 3.17. The van der Waals surface area contributed by atoms with Crippen molar-refractivity contribution in [3.63, 3.8) is 0 Å². The van der Waals surface area contributed by atoms with Gasteiger partial charge >= 0.3 is 0 Å². The topological polar surface area (TPSA) is 21.3 Å². The number of nitrogens with one attached hydrogen (secondary N) is 1. The van der Waals surface area contributed by atoms with Crippen LogP contribution in [0.5, 0.6) is 5.75 Å². The average molecular weight is 338 g/mol. The highest BCUT2D eigenvalue weighted by molar-refractivity contribution is 9.10. The van der Waals surface area contributed by atoms with Crippen LogP contribution in [0.2, 0.25) is 0 Å². The summed E-state index contributed by atoms with van der Waals surface area (Å²) < 4.78 is 20.3. The van der Waals surface area contributed by atoms with Gasteiger partial charge in [0.05, 0.1) is 13.2 Å². The van der Waals surface area contributed by atoms with Crippen molar-refractivity contribution in [1.29, 1.82) is 0 Å². The number of methoxy groups -OCH3 is 1. The van der Waals surface area contributed by atoms with Crippen LogP contribution >= 0.6 is 15.9 Å². The zero-order chi connectivity index (χ0) is 14.7. The second kappa shape index (κ2) is 6.37. The van der Waals surface area contributed by atoms with Crippen LogP contribution in [-0.4, -0.2) is 14.2 Å². The van der Waals surface area contributed by atoms with E-state index in [-0.39, 0.29) is 11.9 Å². The van der Waals surface area contributed by atoms with E-state index >= 15 is 0 Å². The summed E-state index contributed by atoms with van der Waals surface area (Å²) in [5.74, 6) is 0.238. The van der Waals surface area contributed by atoms with Gasteiger partial charge in [-0.15, -0.1) is 0 Å². The normalized spacial score (nSPS) is 12.2. The molecule has 4 heteroatoms. The van der Waals surface area contributed by atoms with Gasteiger partial charge in [-0.1, -0.05) is 39.7 Å². The molecule has 0 aliphatic carbocycles. The third-order valence-corrected chi connectivity index (χ3v) is 3.99. The molecule has 2 nitrogen and oxygen atoms in total. The van der Waals surface area contributed by atoms with E-state index in [1.807, 2.05) is 26.1 Å². The van der Waals surface area contributed by atoms with Crippen LogP contribution in [0.1, 0.15) is 22.7 Å². The van der Waals surface area contributed by atoms with E-state index in [2.05, 4.69) is 27.3 Å². The Morgan fingerprint density at radius 1 is 1.15 bits per heavy atom. The number of hydrogen-bond donors (Lipinski definition) is 1. The molecule has 1 unspecified atom stereocenters. The first-order chi connectivity index (χ1) is 9.56. The minimum atomic E-state index is -0.280. The largest absolute Gasteiger partial charge is 0.497 e. The minimum Gasteiger partial charge on any atom is -0.497 e. The van der Waals surface area contributed by atoms with Gasteiger partial charge in [-0.05, 0) is 31.7 Å². The Labute approximate surface area is 127 Å². The lowest BCUT2D eigenvalue weighted by molar-refractivity contribution is 0.410. The van der Waals surface area contributed by atoms with Crippen LogP contribution in [0.3, 0.4) is 0 Å². The van der Waals surface area contributed by atoms with Crippen molar-refractivity contribution in [2.75, 3.05) is 14.2 Å². The molecule has 0 aromatic heterocycles. The first kappa shape index (κ1) is 15.0. The Morgan fingerprint density at radius 3 is 2.50 bits per heavy atom. The fourth-order valence-corrected chi connectivity index (χ4v) is 2.71. The van der Waals surface area contributed by atoms with Crippen LogP contribution in [0.25, 0.3) is 0 Å². The average Bonchev–Trinajstić information content (AvgIpc) is 2.44. The molecule has 0 saturated carbocycles. The molecule has 0 amide bonds. The summed E-state index contributed by atoms with van der Waals surface area (Å²) in [7, 11) is 3.35. The molecule has 0 saturated heterocycles. The van der Waals surface area contributed by atoms with E-state index in [1.165, 1.54) is 13.2 Å². The van der Waals surface area contributed by atoms with E-state index < -0.39 is 0 Å². The number of ether oxygens (including phenoxy) is 1. The zero-order valence-electron chi connectivity index (χ0n) is 11.7. The van der Waals surface area contributed by atoms with Gasteiger partial charge in [0.25, 0.3) is 0 Å². The molecule has 0 spiro atoms. The van der Waals surface area contributed by atoms with Crippen molar-refractivity contribution in [2.45, 2.75) is 13.0 Å². The van der Waals surface area contributed by atoms with E-state index in [1.54, 1.807) is 12.1 Å². The summed E-state index contributed by atoms with van der Waals surface area (Å²) in [6, 6.07) is 10.8. The predicted octanol–water partition coefficient (Wildman–Crippen LogP) is 4.21. The maximum Gasteiger partial charge on any atom is 0.132 e. The third-order valence-electron chi connectivity index (χ3n) is 3.27. The minimum absolute atomic E-state index is 0.213. The third kappa shape index (κ3) is 3.02. The summed E-state index contributed by atoms with van der Waals surface area (Å²) in [6.07, 6.45) is 0. The summed E-state index contributed by atoms with van der Waals surface area (Å²) in [6.45, 7) is 2.02. The molecule has 0 aliphatic heterocycles. The van der Waals surface area contributed by atoms with Gasteiger partial charge in [0, 0.05) is 16.1 Å². The van der Waals surface area contributed by atoms with E-state index in [0.29, 0.717) is 11.3 Å². The smallest absolute Gasteiger partial charge is 0.132 e. The van der Waals surface area contributed by atoms with Crippen LogP contribution in [-0.2, 0) is 0 Å². The van der Waals surface area contributed by atoms with Gasteiger partial charge in [0.1, 0.15) is 11.6 Å². The van der Waals surface area contributed by atoms with Crippen molar-refractivity contribution in [3.8, 4) is 5.75 Å². The van der Waals surface area contributed by atoms with E-state index in [4.69, 9.17) is 4.74 Å². The predicted molar refractivity (Wildman–Crippen MR) is 82.7 cm³/mol. The Kier molecular flexibility index (Phi) is 4.78. The number of aryl methyl sites for hydroxylation is 1. The lowest BCUT2D eigenvalue weighted by Gasteiger charge is -2.20. The van der Waals surface area contributed by atoms with Crippen molar-refractivity contribution in [2.24, 2.45) is 0 Å². The second-order valence-electron chi connectivity index (χ2n) is 4.63. The number of benzene rings is 2. The SMILES string of the molecule is CNC(c1ccc(OC)cc1F)c1cc(C)ccc1Br. The standard InChI is InChI=1S/C16H17BrFNO/c1-10-4-7-14(17)13(8-10)16(19-2)12-6-5-11(20-3)9-15(12)18/h4-9,16,19H,1-3H3. The molecule has 0 bridgehead atoms. The lowest BCUT2D eigenvalue weighted by Crippen LogP contribution is -2.19. The highest BCUT2D eigenvalue weighted by atomic mass is 79.9. The van der Waals surface area contributed by atoms with Crippen LogP contribution in [0.4, 0.5) is 4.39 Å². The Hall–Kier alpha value is -1.39. The van der Waals surface area contributed by atoms with Gasteiger partial charge < -0.3 is 10.1 Å². The second-order valence-corrected chi connectivity index (χ2v) is 5.49. The van der Waals surface area contributed by atoms with Gasteiger partial charge in [-0.3, -0.25) is 0 Å². The maximum atomic E-state index is 14.3. The molecule has 0 aliphatic rings. The van der Waals surface area contributed by atoms with Crippen LogP contribution < -0.4 is 10.1 Å². The van der Waals surface area contributed by atoms with Gasteiger partial charge in [0.15, 0.2) is 0 Å². The highest BCUT2D eigenvalue weighted by Gasteiger charge is 2.19. The molecule has 0 heterocycles. The van der Waals surface area contributed by atoms with Crippen molar-refractivity contribution < 1.29 is 9.13 Å². The van der Waals surface area contributed by atoms with E-state index in [9.17, 15) is 4.39 Å². The van der Waals surface area contributed by atoms with Crippen LogP contribution in [0, 0.1) is 12.7 Å². The lowest BCUT2D eigenvalue weighted by atomic mass is 9.97. The molecule has 0 radical (unpaired) electrons. The van der Waals surface area contributed by atoms with Crippen molar-refractivity contribution in [1.82, 2.24) is 5.32 Å². The summed E-state index contributed by atoms with van der Waals surface area (Å²) in [5.41, 5.74) is 2.74.